The first-order chi connectivity index (χ1) is 5.24. The predicted octanol–water partition coefficient (Wildman–Crippen LogP) is 2.55. The van der Waals surface area contributed by atoms with Gasteiger partial charge in [0.15, 0.2) is 0 Å². The zero-order chi connectivity index (χ0) is 8.27. The van der Waals surface area contributed by atoms with Gasteiger partial charge in [0, 0.05) is 6.04 Å². The Hall–Kier alpha value is -0.0400. The zero-order valence-electron chi connectivity index (χ0n) is 7.84. The van der Waals surface area contributed by atoms with Crippen LogP contribution in [0.2, 0.25) is 0 Å². The van der Waals surface area contributed by atoms with Crippen molar-refractivity contribution in [1.82, 2.24) is 0 Å². The Bertz CT molecular complexity index is 111. The van der Waals surface area contributed by atoms with E-state index in [2.05, 4.69) is 13.8 Å². The lowest BCUT2D eigenvalue weighted by atomic mass is 9.78. The molecule has 1 aliphatic carbocycles. The van der Waals surface area contributed by atoms with Gasteiger partial charge in [-0.15, -0.1) is 0 Å². The monoisotopic (exact) mass is 155 g/mol. The van der Waals surface area contributed by atoms with Gasteiger partial charge in [0.2, 0.25) is 0 Å². The molecule has 1 fully saturated rings. The van der Waals surface area contributed by atoms with Crippen LogP contribution >= 0.6 is 0 Å². The van der Waals surface area contributed by atoms with Gasteiger partial charge in [-0.3, -0.25) is 0 Å². The quantitative estimate of drug-likeness (QED) is 0.651. The molecule has 2 N–H and O–H groups in total. The Morgan fingerprint density at radius 1 is 1.36 bits per heavy atom. The Labute approximate surface area is 70.4 Å². The summed E-state index contributed by atoms with van der Waals surface area (Å²) in [6.07, 6.45) is 6.75. The minimum absolute atomic E-state index is 0.489. The maximum Gasteiger partial charge on any atom is 0.00647 e. The molecule has 1 heteroatoms. The average molecular weight is 155 g/mol. The highest BCUT2D eigenvalue weighted by molar-refractivity contribution is 4.79. The molecule has 3 atom stereocenters. The third kappa shape index (κ3) is 2.48. The van der Waals surface area contributed by atoms with E-state index < -0.39 is 0 Å². The van der Waals surface area contributed by atoms with Crippen LogP contribution < -0.4 is 5.73 Å². The Morgan fingerprint density at radius 3 is 2.64 bits per heavy atom. The summed E-state index contributed by atoms with van der Waals surface area (Å²) < 4.78 is 0. The number of hydrogen-bond acceptors (Lipinski definition) is 1. The molecule has 66 valence electrons. The molecule has 0 aromatic rings. The van der Waals surface area contributed by atoms with Crippen molar-refractivity contribution in [2.75, 3.05) is 0 Å². The van der Waals surface area contributed by atoms with Crippen LogP contribution in [0.4, 0.5) is 0 Å². The SMILES string of the molecule is CCCC1CCC(N)C(C)C1. The largest absolute Gasteiger partial charge is 0.327 e. The van der Waals surface area contributed by atoms with Crippen LogP contribution in [-0.2, 0) is 0 Å². The van der Waals surface area contributed by atoms with E-state index in [0.717, 1.165) is 11.8 Å². The van der Waals surface area contributed by atoms with E-state index in [1.54, 1.807) is 0 Å². The van der Waals surface area contributed by atoms with Gasteiger partial charge in [0.1, 0.15) is 0 Å². The van der Waals surface area contributed by atoms with Crippen LogP contribution in [0, 0.1) is 11.8 Å². The molecule has 0 aromatic heterocycles. The highest BCUT2D eigenvalue weighted by atomic mass is 14.7. The van der Waals surface area contributed by atoms with Crippen molar-refractivity contribution in [3.63, 3.8) is 0 Å². The zero-order valence-corrected chi connectivity index (χ0v) is 7.84. The molecular formula is C10H21N. The standard InChI is InChI=1S/C10H21N/c1-3-4-9-5-6-10(11)8(2)7-9/h8-10H,3-7,11H2,1-2H3. The predicted molar refractivity (Wildman–Crippen MR) is 49.4 cm³/mol. The topological polar surface area (TPSA) is 26.0 Å². The van der Waals surface area contributed by atoms with Crippen molar-refractivity contribution < 1.29 is 0 Å². The summed E-state index contributed by atoms with van der Waals surface area (Å²) >= 11 is 0. The number of hydrogen-bond donors (Lipinski definition) is 1. The highest BCUT2D eigenvalue weighted by Gasteiger charge is 2.23. The lowest BCUT2D eigenvalue weighted by Gasteiger charge is -2.31. The molecule has 0 radical (unpaired) electrons. The molecule has 11 heavy (non-hydrogen) atoms. The van der Waals surface area contributed by atoms with E-state index in [9.17, 15) is 0 Å². The van der Waals surface area contributed by atoms with Gasteiger partial charge in [-0.25, -0.2) is 0 Å². The molecule has 1 aliphatic rings. The highest BCUT2D eigenvalue weighted by Crippen LogP contribution is 2.30. The maximum absolute atomic E-state index is 5.94. The minimum Gasteiger partial charge on any atom is -0.327 e. The first kappa shape index (κ1) is 9.05. The molecular weight excluding hydrogens is 134 g/mol. The molecule has 3 unspecified atom stereocenters. The molecule has 0 bridgehead atoms. The molecule has 0 amide bonds. The minimum atomic E-state index is 0.489. The van der Waals surface area contributed by atoms with Gasteiger partial charge in [0.25, 0.3) is 0 Å². The smallest absolute Gasteiger partial charge is 0.00647 e. The Balaban J connectivity index is 2.28. The second-order valence-corrected chi connectivity index (χ2v) is 4.11. The van der Waals surface area contributed by atoms with Crippen molar-refractivity contribution in [2.45, 2.75) is 52.0 Å². The summed E-state index contributed by atoms with van der Waals surface area (Å²) in [5.74, 6) is 1.75. The van der Waals surface area contributed by atoms with Gasteiger partial charge in [0.05, 0.1) is 0 Å². The third-order valence-corrected chi connectivity index (χ3v) is 3.04. The fraction of sp³-hybridized carbons (Fsp3) is 1.00. The van der Waals surface area contributed by atoms with Crippen LogP contribution in [0.3, 0.4) is 0 Å². The molecule has 1 rings (SSSR count). The van der Waals surface area contributed by atoms with Gasteiger partial charge in [-0.2, -0.15) is 0 Å². The van der Waals surface area contributed by atoms with Gasteiger partial charge in [-0.05, 0) is 31.1 Å². The van der Waals surface area contributed by atoms with Gasteiger partial charge >= 0.3 is 0 Å². The van der Waals surface area contributed by atoms with E-state index in [1.165, 1.54) is 32.1 Å². The van der Waals surface area contributed by atoms with Crippen LogP contribution in [0.15, 0.2) is 0 Å². The van der Waals surface area contributed by atoms with Crippen LogP contribution in [0.25, 0.3) is 0 Å². The van der Waals surface area contributed by atoms with Crippen molar-refractivity contribution >= 4 is 0 Å². The molecule has 1 nitrogen and oxygen atoms in total. The summed E-state index contributed by atoms with van der Waals surface area (Å²) in [5, 5.41) is 0. The fourth-order valence-corrected chi connectivity index (χ4v) is 2.20. The molecule has 0 heterocycles. The van der Waals surface area contributed by atoms with Gasteiger partial charge < -0.3 is 5.73 Å². The molecule has 0 spiro atoms. The molecule has 0 aromatic carbocycles. The summed E-state index contributed by atoms with van der Waals surface area (Å²) in [7, 11) is 0. The van der Waals surface area contributed by atoms with Crippen molar-refractivity contribution in [2.24, 2.45) is 17.6 Å². The Kier molecular flexibility index (Phi) is 3.38. The van der Waals surface area contributed by atoms with E-state index in [4.69, 9.17) is 5.73 Å². The van der Waals surface area contributed by atoms with E-state index in [-0.39, 0.29) is 0 Å². The lowest BCUT2D eigenvalue weighted by molar-refractivity contribution is 0.237. The number of nitrogens with two attached hydrogens (primary N) is 1. The average Bonchev–Trinajstić information content (AvgIpc) is 1.98. The molecule has 0 saturated heterocycles. The third-order valence-electron chi connectivity index (χ3n) is 3.04. The maximum atomic E-state index is 5.94. The van der Waals surface area contributed by atoms with Crippen LogP contribution in [0.1, 0.15) is 46.0 Å². The van der Waals surface area contributed by atoms with Crippen molar-refractivity contribution in [1.29, 1.82) is 0 Å². The number of rotatable bonds is 2. The van der Waals surface area contributed by atoms with Crippen molar-refractivity contribution in [3.05, 3.63) is 0 Å². The summed E-state index contributed by atoms with van der Waals surface area (Å²) in [6.45, 7) is 4.58. The van der Waals surface area contributed by atoms with E-state index in [0.29, 0.717) is 6.04 Å². The van der Waals surface area contributed by atoms with Crippen LogP contribution in [-0.4, -0.2) is 6.04 Å². The van der Waals surface area contributed by atoms with E-state index >= 15 is 0 Å². The summed E-state index contributed by atoms with van der Waals surface area (Å²) in [6, 6.07) is 0.489. The van der Waals surface area contributed by atoms with E-state index in [1.807, 2.05) is 0 Å². The van der Waals surface area contributed by atoms with Gasteiger partial charge in [-0.1, -0.05) is 26.7 Å². The molecule has 0 aliphatic heterocycles. The summed E-state index contributed by atoms with van der Waals surface area (Å²) in [4.78, 5) is 0. The first-order valence-corrected chi connectivity index (χ1v) is 4.99. The fourth-order valence-electron chi connectivity index (χ4n) is 2.20. The second-order valence-electron chi connectivity index (χ2n) is 4.11. The van der Waals surface area contributed by atoms with Crippen molar-refractivity contribution in [3.8, 4) is 0 Å². The molecule has 1 saturated carbocycles. The summed E-state index contributed by atoms with van der Waals surface area (Å²) in [5.41, 5.74) is 5.94. The normalized spacial score (nSPS) is 39.0. The Morgan fingerprint density at radius 2 is 2.09 bits per heavy atom. The first-order valence-electron chi connectivity index (χ1n) is 4.99. The lowest BCUT2D eigenvalue weighted by Crippen LogP contribution is -2.34. The van der Waals surface area contributed by atoms with Crippen LogP contribution in [0.5, 0.6) is 0 Å². The second kappa shape index (κ2) is 4.10.